The van der Waals surface area contributed by atoms with Crippen LogP contribution in [0.3, 0.4) is 0 Å². The van der Waals surface area contributed by atoms with Crippen LogP contribution < -0.4 is 14.8 Å². The number of Topliss-reactive ketones (excluding diaryl/α,β-unsaturated/α-hetero) is 1. The maximum atomic E-state index is 12.3. The summed E-state index contributed by atoms with van der Waals surface area (Å²) in [6.45, 7) is 0. The molecule has 1 amide bonds. The molecule has 2 aromatic carbocycles. The van der Waals surface area contributed by atoms with Crippen molar-refractivity contribution in [3.8, 4) is 11.5 Å². The minimum atomic E-state index is -0.780. The number of methoxy groups -OCH3 is 2. The normalized spacial score (nSPS) is 18.5. The monoisotopic (exact) mass is 373 g/mol. The Balaban J connectivity index is 2.11. The van der Waals surface area contributed by atoms with Crippen molar-refractivity contribution < 1.29 is 24.2 Å². The van der Waals surface area contributed by atoms with Gasteiger partial charge in [0.25, 0.3) is 11.7 Å². The summed E-state index contributed by atoms with van der Waals surface area (Å²) in [5.74, 6) is -0.973. The van der Waals surface area contributed by atoms with E-state index in [1.165, 1.54) is 20.3 Å². The van der Waals surface area contributed by atoms with Gasteiger partial charge in [0.05, 0.1) is 25.8 Å². The molecule has 0 unspecified atom stereocenters. The molecule has 1 saturated heterocycles. The van der Waals surface area contributed by atoms with E-state index in [1.807, 2.05) is 0 Å². The molecule has 0 saturated carbocycles. The Morgan fingerprint density at radius 2 is 1.69 bits per heavy atom. The van der Waals surface area contributed by atoms with Crippen LogP contribution >= 0.6 is 11.6 Å². The lowest BCUT2D eigenvalue weighted by molar-refractivity contribution is -0.133. The fourth-order valence-corrected chi connectivity index (χ4v) is 2.94. The van der Waals surface area contributed by atoms with E-state index < -0.39 is 17.7 Å². The molecule has 0 aliphatic carbocycles. The lowest BCUT2D eigenvalue weighted by Crippen LogP contribution is -2.21. The molecule has 1 heterocycles. The van der Waals surface area contributed by atoms with Gasteiger partial charge in [-0.3, -0.25) is 9.59 Å². The number of ketones is 1. The first-order valence-electron chi connectivity index (χ1n) is 7.72. The minimum absolute atomic E-state index is 0.0236. The molecule has 6 nitrogen and oxygen atoms in total. The summed E-state index contributed by atoms with van der Waals surface area (Å²) in [7, 11) is 2.96. The molecule has 1 atom stereocenters. The molecule has 0 aromatic heterocycles. The zero-order chi connectivity index (χ0) is 18.8. The van der Waals surface area contributed by atoms with E-state index in [2.05, 4.69) is 5.32 Å². The molecule has 2 N–H and O–H groups in total. The molecular weight excluding hydrogens is 358 g/mol. The highest BCUT2D eigenvalue weighted by Crippen LogP contribution is 2.36. The molecule has 0 spiro atoms. The highest BCUT2D eigenvalue weighted by atomic mass is 35.5. The molecule has 7 heteroatoms. The van der Waals surface area contributed by atoms with Crippen molar-refractivity contribution in [1.82, 2.24) is 5.32 Å². The van der Waals surface area contributed by atoms with Crippen LogP contribution in [0.15, 0.2) is 48.0 Å². The summed E-state index contributed by atoms with van der Waals surface area (Å²) in [6.07, 6.45) is 0. The van der Waals surface area contributed by atoms with Gasteiger partial charge in [-0.15, -0.1) is 0 Å². The molecule has 3 rings (SSSR count). The van der Waals surface area contributed by atoms with Gasteiger partial charge in [-0.05, 0) is 35.9 Å². The molecule has 2 aromatic rings. The van der Waals surface area contributed by atoms with E-state index in [0.717, 1.165) is 0 Å². The van der Waals surface area contributed by atoms with Gasteiger partial charge in [0.2, 0.25) is 0 Å². The van der Waals surface area contributed by atoms with Crippen molar-refractivity contribution in [3.63, 3.8) is 0 Å². The van der Waals surface area contributed by atoms with Crippen molar-refractivity contribution >= 4 is 29.1 Å². The average molecular weight is 374 g/mol. The second-order valence-corrected chi connectivity index (χ2v) is 6.06. The smallest absolute Gasteiger partial charge is 0.293 e. The number of hydrogen-bond donors (Lipinski definition) is 2. The number of aliphatic hydroxyl groups excluding tert-OH is 1. The van der Waals surface area contributed by atoms with Crippen LogP contribution in [0.2, 0.25) is 5.02 Å². The van der Waals surface area contributed by atoms with E-state index in [0.29, 0.717) is 27.6 Å². The number of rotatable bonds is 4. The number of nitrogens with one attached hydrogen (secondary N) is 1. The van der Waals surface area contributed by atoms with Crippen molar-refractivity contribution in [2.75, 3.05) is 14.2 Å². The lowest BCUT2D eigenvalue weighted by atomic mass is 9.96. The second kappa shape index (κ2) is 7.09. The Morgan fingerprint density at radius 3 is 2.31 bits per heavy atom. The van der Waals surface area contributed by atoms with Gasteiger partial charge in [-0.2, -0.15) is 0 Å². The number of hydrogen-bond acceptors (Lipinski definition) is 5. The van der Waals surface area contributed by atoms with Gasteiger partial charge in [0.1, 0.15) is 5.76 Å². The number of benzene rings is 2. The first-order valence-corrected chi connectivity index (χ1v) is 8.10. The van der Waals surface area contributed by atoms with Gasteiger partial charge in [0.15, 0.2) is 11.5 Å². The molecule has 134 valence electrons. The number of carbonyl (C=O) groups is 2. The van der Waals surface area contributed by atoms with Crippen molar-refractivity contribution in [3.05, 3.63) is 64.2 Å². The molecule has 1 aliphatic heterocycles. The number of carbonyl (C=O) groups excluding carboxylic acids is 2. The van der Waals surface area contributed by atoms with Crippen molar-refractivity contribution in [2.45, 2.75) is 6.04 Å². The third kappa shape index (κ3) is 3.11. The Labute approximate surface area is 155 Å². The van der Waals surface area contributed by atoms with Gasteiger partial charge in [0, 0.05) is 10.6 Å². The lowest BCUT2D eigenvalue weighted by Gasteiger charge is -2.15. The maximum Gasteiger partial charge on any atom is 0.293 e. The molecule has 26 heavy (non-hydrogen) atoms. The summed E-state index contributed by atoms with van der Waals surface area (Å²) in [4.78, 5) is 24.3. The van der Waals surface area contributed by atoms with E-state index in [4.69, 9.17) is 21.1 Å². The first-order chi connectivity index (χ1) is 12.5. The van der Waals surface area contributed by atoms with Crippen LogP contribution in [0.25, 0.3) is 5.76 Å². The Kier molecular flexibility index (Phi) is 4.86. The van der Waals surface area contributed by atoms with Crippen LogP contribution in [0.4, 0.5) is 0 Å². The SMILES string of the molecule is COc1ccc(C(O)=C2C(=O)C(=O)N[C@@H]2c2ccc(Cl)cc2)cc1OC. The van der Waals surface area contributed by atoms with E-state index in [1.54, 1.807) is 36.4 Å². The van der Waals surface area contributed by atoms with Gasteiger partial charge < -0.3 is 19.9 Å². The zero-order valence-electron chi connectivity index (χ0n) is 14.1. The van der Waals surface area contributed by atoms with E-state index >= 15 is 0 Å². The summed E-state index contributed by atoms with van der Waals surface area (Å²) in [6, 6.07) is 10.6. The molecular formula is C19H16ClNO5. The fraction of sp³-hybridized carbons (Fsp3) is 0.158. The fourth-order valence-electron chi connectivity index (χ4n) is 2.81. The number of halogens is 1. The van der Waals surface area contributed by atoms with Crippen LogP contribution in [0.5, 0.6) is 11.5 Å². The molecule has 1 aliphatic rings. The minimum Gasteiger partial charge on any atom is -0.507 e. The molecule has 0 radical (unpaired) electrons. The first kappa shape index (κ1) is 17.8. The standard InChI is InChI=1S/C19H16ClNO5/c1-25-13-8-5-11(9-14(13)26-2)17(22)15-16(21-19(24)18(15)23)10-3-6-12(20)7-4-10/h3-9,16,22H,1-2H3,(H,21,24)/t16-/m1/s1. The number of aliphatic hydroxyl groups is 1. The van der Waals surface area contributed by atoms with Gasteiger partial charge >= 0.3 is 0 Å². The number of amides is 1. The average Bonchev–Trinajstić information content (AvgIpc) is 2.96. The highest BCUT2D eigenvalue weighted by Gasteiger charge is 2.39. The Morgan fingerprint density at radius 1 is 1.04 bits per heavy atom. The topological polar surface area (TPSA) is 84.9 Å². The van der Waals surface area contributed by atoms with Crippen LogP contribution in [0, 0.1) is 0 Å². The Hall–Kier alpha value is -2.99. The van der Waals surface area contributed by atoms with Crippen LogP contribution in [-0.2, 0) is 9.59 Å². The summed E-state index contributed by atoms with van der Waals surface area (Å²) >= 11 is 5.89. The second-order valence-electron chi connectivity index (χ2n) is 5.62. The summed E-state index contributed by atoms with van der Waals surface area (Å²) in [5, 5.41) is 13.8. The zero-order valence-corrected chi connectivity index (χ0v) is 14.8. The number of ether oxygens (including phenoxy) is 2. The summed E-state index contributed by atoms with van der Waals surface area (Å²) < 4.78 is 10.4. The third-order valence-corrected chi connectivity index (χ3v) is 4.38. The molecule has 1 fully saturated rings. The quantitative estimate of drug-likeness (QED) is 0.489. The predicted molar refractivity (Wildman–Crippen MR) is 96.4 cm³/mol. The van der Waals surface area contributed by atoms with Crippen LogP contribution in [0.1, 0.15) is 17.2 Å². The van der Waals surface area contributed by atoms with Crippen molar-refractivity contribution in [1.29, 1.82) is 0 Å². The summed E-state index contributed by atoms with van der Waals surface area (Å²) in [5.41, 5.74) is 0.946. The van der Waals surface area contributed by atoms with Crippen molar-refractivity contribution in [2.24, 2.45) is 0 Å². The Bertz CT molecular complexity index is 905. The van der Waals surface area contributed by atoms with Crippen LogP contribution in [-0.4, -0.2) is 31.0 Å². The van der Waals surface area contributed by atoms with E-state index in [9.17, 15) is 14.7 Å². The third-order valence-electron chi connectivity index (χ3n) is 4.13. The van der Waals surface area contributed by atoms with Gasteiger partial charge in [-0.25, -0.2) is 0 Å². The van der Waals surface area contributed by atoms with Gasteiger partial charge in [-0.1, -0.05) is 23.7 Å². The largest absolute Gasteiger partial charge is 0.507 e. The van der Waals surface area contributed by atoms with E-state index in [-0.39, 0.29) is 11.3 Å². The molecule has 0 bridgehead atoms. The maximum absolute atomic E-state index is 12.3. The highest BCUT2D eigenvalue weighted by molar-refractivity contribution is 6.46. The predicted octanol–water partition coefficient (Wildman–Crippen LogP) is 3.07.